The van der Waals surface area contributed by atoms with Crippen LogP contribution in [-0.2, 0) is 0 Å². The number of nitrogens with two attached hydrogens (primary N) is 1. The summed E-state index contributed by atoms with van der Waals surface area (Å²) in [4.78, 5) is 0. The van der Waals surface area contributed by atoms with Crippen LogP contribution < -0.4 is 5.73 Å². The molecule has 1 atom stereocenters. The third kappa shape index (κ3) is 2.93. The summed E-state index contributed by atoms with van der Waals surface area (Å²) < 4.78 is 0. The van der Waals surface area contributed by atoms with Gasteiger partial charge in [-0.25, -0.2) is 0 Å². The molecule has 0 aliphatic carbocycles. The third-order valence-electron chi connectivity index (χ3n) is 1.78. The molecular formula is C9H19NO. The van der Waals surface area contributed by atoms with Crippen molar-refractivity contribution in [3.63, 3.8) is 0 Å². The van der Waals surface area contributed by atoms with Crippen LogP contribution in [0, 0.1) is 5.92 Å². The molecule has 0 aromatic heterocycles. The summed E-state index contributed by atoms with van der Waals surface area (Å²) in [6.07, 6.45) is 0.676. The second-order valence-electron chi connectivity index (χ2n) is 3.20. The molecule has 2 heteroatoms. The summed E-state index contributed by atoms with van der Waals surface area (Å²) in [6, 6.07) is -0.0325. The standard InChI is InChI=1S/C9H19NO/c1-5-8(11)9(6(2)3)7(4)10/h6-7,11H,5,10H2,1-4H3/b9-8-. The Balaban J connectivity index is 4.58. The Labute approximate surface area is 69.1 Å². The van der Waals surface area contributed by atoms with Crippen molar-refractivity contribution in [2.45, 2.75) is 40.2 Å². The highest BCUT2D eigenvalue weighted by Crippen LogP contribution is 2.17. The fourth-order valence-corrected chi connectivity index (χ4v) is 1.33. The van der Waals surface area contributed by atoms with Crippen LogP contribution in [-0.4, -0.2) is 11.1 Å². The Hall–Kier alpha value is -0.500. The molecule has 0 saturated heterocycles. The Morgan fingerprint density at radius 3 is 1.91 bits per heavy atom. The molecule has 0 amide bonds. The maximum absolute atomic E-state index is 9.46. The van der Waals surface area contributed by atoms with Gasteiger partial charge >= 0.3 is 0 Å². The van der Waals surface area contributed by atoms with E-state index in [0.29, 0.717) is 18.1 Å². The molecule has 0 saturated carbocycles. The predicted octanol–water partition coefficient (Wildman–Crippen LogP) is 2.21. The first kappa shape index (κ1) is 10.5. The first-order valence-corrected chi connectivity index (χ1v) is 4.18. The van der Waals surface area contributed by atoms with E-state index in [0.717, 1.165) is 5.57 Å². The SMILES string of the molecule is CC/C(O)=C(\C(C)C)C(C)N. The van der Waals surface area contributed by atoms with Crippen LogP contribution in [0.4, 0.5) is 0 Å². The van der Waals surface area contributed by atoms with Gasteiger partial charge < -0.3 is 10.8 Å². The quantitative estimate of drug-likeness (QED) is 0.617. The summed E-state index contributed by atoms with van der Waals surface area (Å²) in [5.74, 6) is 0.796. The van der Waals surface area contributed by atoms with Crippen molar-refractivity contribution in [3.8, 4) is 0 Å². The molecule has 0 spiro atoms. The van der Waals surface area contributed by atoms with Crippen molar-refractivity contribution < 1.29 is 5.11 Å². The van der Waals surface area contributed by atoms with Crippen molar-refractivity contribution in [2.75, 3.05) is 0 Å². The summed E-state index contributed by atoms with van der Waals surface area (Å²) in [5.41, 5.74) is 6.68. The van der Waals surface area contributed by atoms with Crippen LogP contribution in [0.25, 0.3) is 0 Å². The number of hydrogen-bond donors (Lipinski definition) is 2. The maximum Gasteiger partial charge on any atom is 0.0929 e. The van der Waals surface area contributed by atoms with Crippen molar-refractivity contribution in [1.29, 1.82) is 0 Å². The van der Waals surface area contributed by atoms with Crippen LogP contribution in [0.15, 0.2) is 11.3 Å². The van der Waals surface area contributed by atoms with E-state index in [9.17, 15) is 5.11 Å². The lowest BCUT2D eigenvalue weighted by Crippen LogP contribution is -2.23. The van der Waals surface area contributed by atoms with Crippen molar-refractivity contribution in [1.82, 2.24) is 0 Å². The Morgan fingerprint density at radius 1 is 1.36 bits per heavy atom. The topological polar surface area (TPSA) is 46.2 Å². The first-order valence-electron chi connectivity index (χ1n) is 4.18. The van der Waals surface area contributed by atoms with Gasteiger partial charge in [0, 0.05) is 12.5 Å². The molecular weight excluding hydrogens is 138 g/mol. The average molecular weight is 157 g/mol. The van der Waals surface area contributed by atoms with Crippen LogP contribution in [0.5, 0.6) is 0 Å². The maximum atomic E-state index is 9.46. The van der Waals surface area contributed by atoms with Gasteiger partial charge in [0.15, 0.2) is 0 Å². The first-order chi connectivity index (χ1) is 5.00. The zero-order valence-corrected chi connectivity index (χ0v) is 7.89. The van der Waals surface area contributed by atoms with E-state index in [1.54, 1.807) is 0 Å². The van der Waals surface area contributed by atoms with E-state index in [-0.39, 0.29) is 6.04 Å². The minimum atomic E-state index is -0.0325. The van der Waals surface area contributed by atoms with Gasteiger partial charge in [-0.1, -0.05) is 20.8 Å². The molecule has 0 fully saturated rings. The Morgan fingerprint density at radius 2 is 1.82 bits per heavy atom. The van der Waals surface area contributed by atoms with E-state index >= 15 is 0 Å². The lowest BCUT2D eigenvalue weighted by Gasteiger charge is -2.17. The monoisotopic (exact) mass is 157 g/mol. The zero-order chi connectivity index (χ0) is 9.02. The van der Waals surface area contributed by atoms with Crippen molar-refractivity contribution in [3.05, 3.63) is 11.3 Å². The molecule has 0 aliphatic rings. The molecule has 66 valence electrons. The van der Waals surface area contributed by atoms with Gasteiger partial charge in [-0.3, -0.25) is 0 Å². The fourth-order valence-electron chi connectivity index (χ4n) is 1.33. The summed E-state index contributed by atoms with van der Waals surface area (Å²) in [7, 11) is 0. The predicted molar refractivity (Wildman–Crippen MR) is 48.4 cm³/mol. The lowest BCUT2D eigenvalue weighted by molar-refractivity contribution is 0.372. The highest BCUT2D eigenvalue weighted by Gasteiger charge is 2.12. The van der Waals surface area contributed by atoms with E-state index < -0.39 is 0 Å². The van der Waals surface area contributed by atoms with Gasteiger partial charge in [-0.05, 0) is 18.4 Å². The van der Waals surface area contributed by atoms with Gasteiger partial charge in [0.1, 0.15) is 0 Å². The van der Waals surface area contributed by atoms with Gasteiger partial charge in [0.2, 0.25) is 0 Å². The number of aliphatic hydroxyl groups excluding tert-OH is 1. The summed E-state index contributed by atoms with van der Waals surface area (Å²) in [5, 5.41) is 9.46. The molecule has 2 nitrogen and oxygen atoms in total. The smallest absolute Gasteiger partial charge is 0.0929 e. The molecule has 11 heavy (non-hydrogen) atoms. The van der Waals surface area contributed by atoms with Crippen LogP contribution in [0.2, 0.25) is 0 Å². The van der Waals surface area contributed by atoms with E-state index in [2.05, 4.69) is 0 Å². The van der Waals surface area contributed by atoms with Gasteiger partial charge in [-0.2, -0.15) is 0 Å². The average Bonchev–Trinajstić information content (AvgIpc) is 1.85. The largest absolute Gasteiger partial charge is 0.512 e. The van der Waals surface area contributed by atoms with E-state index in [4.69, 9.17) is 5.73 Å². The van der Waals surface area contributed by atoms with Crippen molar-refractivity contribution >= 4 is 0 Å². The lowest BCUT2D eigenvalue weighted by atomic mass is 9.95. The zero-order valence-electron chi connectivity index (χ0n) is 7.89. The third-order valence-corrected chi connectivity index (χ3v) is 1.78. The van der Waals surface area contributed by atoms with E-state index in [1.807, 2.05) is 27.7 Å². The minimum Gasteiger partial charge on any atom is -0.512 e. The molecule has 0 aromatic carbocycles. The molecule has 0 heterocycles. The van der Waals surface area contributed by atoms with Crippen molar-refractivity contribution in [2.24, 2.45) is 11.7 Å². The van der Waals surface area contributed by atoms with E-state index in [1.165, 1.54) is 0 Å². The minimum absolute atomic E-state index is 0.0325. The Bertz CT molecular complexity index is 138. The molecule has 0 radical (unpaired) electrons. The molecule has 1 unspecified atom stereocenters. The Kier molecular flexibility index (Phi) is 4.19. The number of allylic oxidation sites excluding steroid dienone is 1. The summed E-state index contributed by atoms with van der Waals surface area (Å²) >= 11 is 0. The summed E-state index contributed by atoms with van der Waals surface area (Å²) in [6.45, 7) is 7.93. The number of aliphatic hydroxyl groups is 1. The molecule has 0 rings (SSSR count). The molecule has 3 N–H and O–H groups in total. The molecule has 0 bridgehead atoms. The number of hydrogen-bond acceptors (Lipinski definition) is 2. The van der Waals surface area contributed by atoms with Crippen LogP contribution >= 0.6 is 0 Å². The highest BCUT2D eigenvalue weighted by atomic mass is 16.3. The second-order valence-corrected chi connectivity index (χ2v) is 3.20. The van der Waals surface area contributed by atoms with Crippen LogP contribution in [0.3, 0.4) is 0 Å². The second kappa shape index (κ2) is 4.39. The molecule has 0 aliphatic heterocycles. The normalized spacial score (nSPS) is 16.5. The fraction of sp³-hybridized carbons (Fsp3) is 0.778. The van der Waals surface area contributed by atoms with Gasteiger partial charge in [0.05, 0.1) is 5.76 Å². The molecule has 0 aromatic rings. The number of rotatable bonds is 3. The van der Waals surface area contributed by atoms with Gasteiger partial charge in [-0.15, -0.1) is 0 Å². The van der Waals surface area contributed by atoms with Gasteiger partial charge in [0.25, 0.3) is 0 Å². The highest BCUT2D eigenvalue weighted by molar-refractivity contribution is 5.15. The van der Waals surface area contributed by atoms with Crippen LogP contribution in [0.1, 0.15) is 34.1 Å².